The van der Waals surface area contributed by atoms with Crippen molar-refractivity contribution in [3.8, 4) is 11.5 Å². The van der Waals surface area contributed by atoms with Crippen LogP contribution in [-0.2, 0) is 33.0 Å². The number of hydrogen-bond donors (Lipinski definition) is 0. The summed E-state index contributed by atoms with van der Waals surface area (Å²) >= 11 is 0. The molecular weight excluding hydrogens is 504 g/mol. The molecule has 2 aliphatic heterocycles. The number of para-hydroxylation sites is 1. The molecule has 4 aromatic rings. The Bertz CT molecular complexity index is 1520. The molecule has 7 nitrogen and oxygen atoms in total. The average Bonchev–Trinajstić information content (AvgIpc) is 3.09. The van der Waals surface area contributed by atoms with Crippen LogP contribution in [0.5, 0.6) is 11.5 Å². The second kappa shape index (κ2) is 10.5. The summed E-state index contributed by atoms with van der Waals surface area (Å²) in [6.07, 6.45) is -0.791. The molecular formula is C33H30N2O5. The Morgan fingerprint density at radius 3 is 2.08 bits per heavy atom. The predicted molar refractivity (Wildman–Crippen MR) is 151 cm³/mol. The molecule has 2 aliphatic rings. The summed E-state index contributed by atoms with van der Waals surface area (Å²) in [5.41, 5.74) is 3.35. The van der Waals surface area contributed by atoms with Crippen LogP contribution in [0.15, 0.2) is 103 Å². The zero-order valence-electron chi connectivity index (χ0n) is 22.4. The van der Waals surface area contributed by atoms with Gasteiger partial charge in [0, 0.05) is 11.6 Å². The van der Waals surface area contributed by atoms with Gasteiger partial charge in [-0.05, 0) is 34.9 Å². The van der Waals surface area contributed by atoms with E-state index in [1.807, 2.05) is 97.1 Å². The highest BCUT2D eigenvalue weighted by atomic mass is 16.5. The molecule has 2 amide bonds. The monoisotopic (exact) mass is 534 g/mol. The molecule has 0 aromatic heterocycles. The van der Waals surface area contributed by atoms with Crippen LogP contribution >= 0.6 is 0 Å². The van der Waals surface area contributed by atoms with Crippen molar-refractivity contribution < 1.29 is 23.8 Å². The van der Waals surface area contributed by atoms with Gasteiger partial charge in [0.05, 0.1) is 33.1 Å². The van der Waals surface area contributed by atoms with Crippen LogP contribution in [0.2, 0.25) is 0 Å². The van der Waals surface area contributed by atoms with Crippen LogP contribution in [0.4, 0.5) is 5.69 Å². The topological polar surface area (TPSA) is 68.3 Å². The molecule has 0 bridgehead atoms. The number of β-lactam (4-membered cyclic amide) rings is 1. The van der Waals surface area contributed by atoms with Gasteiger partial charge in [0.15, 0.2) is 6.10 Å². The quantitative estimate of drug-likeness (QED) is 0.300. The molecule has 1 saturated heterocycles. The Kier molecular flexibility index (Phi) is 6.74. The van der Waals surface area contributed by atoms with Gasteiger partial charge in [-0.2, -0.15) is 0 Å². The maximum absolute atomic E-state index is 13.9. The second-order valence-electron chi connectivity index (χ2n) is 9.95. The van der Waals surface area contributed by atoms with E-state index < -0.39 is 11.6 Å². The van der Waals surface area contributed by atoms with Crippen molar-refractivity contribution in [2.24, 2.45) is 0 Å². The SMILES string of the molecule is COc1cc(CN2C(=O)CN3C(=O)[C@@H](OCc4ccccc4)[C@@]3(c3ccccc3)c3ccccc32)cc(OC)c1. The molecule has 0 aliphatic carbocycles. The van der Waals surface area contributed by atoms with Gasteiger partial charge >= 0.3 is 0 Å². The Morgan fingerprint density at radius 2 is 1.40 bits per heavy atom. The summed E-state index contributed by atoms with van der Waals surface area (Å²) in [5, 5.41) is 0. The lowest BCUT2D eigenvalue weighted by atomic mass is 9.69. The minimum Gasteiger partial charge on any atom is -0.497 e. The zero-order chi connectivity index (χ0) is 27.7. The number of rotatable bonds is 8. The largest absolute Gasteiger partial charge is 0.497 e. The third-order valence-electron chi connectivity index (χ3n) is 7.72. The summed E-state index contributed by atoms with van der Waals surface area (Å²) in [7, 11) is 3.20. The summed E-state index contributed by atoms with van der Waals surface area (Å²) in [5.74, 6) is 0.896. The van der Waals surface area contributed by atoms with E-state index in [-0.39, 0.29) is 31.5 Å². The summed E-state index contributed by atoms with van der Waals surface area (Å²) in [4.78, 5) is 31.1. The first-order chi connectivity index (χ1) is 19.6. The molecule has 0 N–H and O–H groups in total. The molecule has 0 spiro atoms. The molecule has 40 heavy (non-hydrogen) atoms. The number of amides is 2. The highest BCUT2D eigenvalue weighted by molar-refractivity contribution is 6.04. The highest BCUT2D eigenvalue weighted by Crippen LogP contribution is 2.53. The van der Waals surface area contributed by atoms with Crippen molar-refractivity contribution in [2.45, 2.75) is 24.8 Å². The molecule has 1 fully saturated rings. The number of anilines is 1. The molecule has 2 atom stereocenters. The molecule has 0 saturated carbocycles. The number of benzene rings is 4. The second-order valence-corrected chi connectivity index (χ2v) is 9.95. The molecule has 4 aromatic carbocycles. The third kappa shape index (κ3) is 4.19. The van der Waals surface area contributed by atoms with Crippen LogP contribution in [0.3, 0.4) is 0 Å². The normalized spacial score (nSPS) is 19.8. The van der Waals surface area contributed by atoms with Gasteiger partial charge in [-0.25, -0.2) is 0 Å². The van der Waals surface area contributed by atoms with Gasteiger partial charge in [0.25, 0.3) is 5.91 Å². The lowest BCUT2D eigenvalue weighted by Gasteiger charge is -2.56. The third-order valence-corrected chi connectivity index (χ3v) is 7.72. The first kappa shape index (κ1) is 25.6. The average molecular weight is 535 g/mol. The molecule has 6 rings (SSSR count). The number of hydrogen-bond acceptors (Lipinski definition) is 5. The lowest BCUT2D eigenvalue weighted by Crippen LogP contribution is -2.73. The van der Waals surface area contributed by atoms with Crippen molar-refractivity contribution in [2.75, 3.05) is 25.7 Å². The van der Waals surface area contributed by atoms with Crippen LogP contribution in [0, 0.1) is 0 Å². The van der Waals surface area contributed by atoms with Crippen molar-refractivity contribution in [1.82, 2.24) is 4.90 Å². The van der Waals surface area contributed by atoms with E-state index in [1.54, 1.807) is 30.1 Å². The van der Waals surface area contributed by atoms with E-state index in [4.69, 9.17) is 14.2 Å². The first-order valence-corrected chi connectivity index (χ1v) is 13.2. The van der Waals surface area contributed by atoms with Gasteiger partial charge in [-0.15, -0.1) is 0 Å². The standard InChI is InChI=1S/C33H30N2O5/c1-38-26-17-24(18-27(19-26)39-2)20-34-29-16-10-9-15-28(29)33(25-13-7-4-8-14-25)31(32(37)35(33)21-30(34)36)40-22-23-11-5-3-6-12-23/h3-19,31H,20-22H2,1-2H3/t31-,33-/m1/s1. The van der Waals surface area contributed by atoms with E-state index >= 15 is 0 Å². The van der Waals surface area contributed by atoms with E-state index in [0.717, 1.165) is 27.9 Å². The van der Waals surface area contributed by atoms with Crippen LogP contribution in [0.25, 0.3) is 0 Å². The van der Waals surface area contributed by atoms with E-state index in [1.165, 1.54) is 0 Å². The maximum atomic E-state index is 13.9. The van der Waals surface area contributed by atoms with Crippen molar-refractivity contribution in [3.05, 3.63) is 125 Å². The number of carbonyl (C=O) groups excluding carboxylic acids is 2. The van der Waals surface area contributed by atoms with E-state index in [2.05, 4.69) is 0 Å². The summed E-state index contributed by atoms with van der Waals surface area (Å²) in [6, 6.07) is 33.0. The number of fused-ring (bicyclic) bond motifs is 3. The fourth-order valence-corrected chi connectivity index (χ4v) is 5.86. The minimum absolute atomic E-state index is 0.0747. The Balaban J connectivity index is 1.47. The Morgan fingerprint density at radius 1 is 0.775 bits per heavy atom. The van der Waals surface area contributed by atoms with Crippen LogP contribution < -0.4 is 14.4 Å². The zero-order valence-corrected chi connectivity index (χ0v) is 22.4. The van der Waals surface area contributed by atoms with Gasteiger partial charge in [-0.3, -0.25) is 9.59 Å². The highest BCUT2D eigenvalue weighted by Gasteiger charge is 2.65. The lowest BCUT2D eigenvalue weighted by molar-refractivity contribution is -0.192. The van der Waals surface area contributed by atoms with Crippen molar-refractivity contribution >= 4 is 17.5 Å². The fourth-order valence-electron chi connectivity index (χ4n) is 5.86. The molecule has 2 heterocycles. The van der Waals surface area contributed by atoms with E-state index in [0.29, 0.717) is 11.5 Å². The van der Waals surface area contributed by atoms with E-state index in [9.17, 15) is 9.59 Å². The number of nitrogens with zero attached hydrogens (tertiary/aromatic N) is 2. The summed E-state index contributed by atoms with van der Waals surface area (Å²) in [6.45, 7) is 0.490. The fraction of sp³-hybridized carbons (Fsp3) is 0.212. The molecule has 7 heteroatoms. The smallest absolute Gasteiger partial charge is 0.256 e. The molecule has 0 radical (unpaired) electrons. The maximum Gasteiger partial charge on any atom is 0.256 e. The van der Waals surface area contributed by atoms with Crippen LogP contribution in [-0.4, -0.2) is 43.6 Å². The molecule has 0 unspecified atom stereocenters. The van der Waals surface area contributed by atoms with Crippen LogP contribution in [0.1, 0.15) is 22.3 Å². The van der Waals surface area contributed by atoms with Gasteiger partial charge in [0.1, 0.15) is 23.6 Å². The van der Waals surface area contributed by atoms with Gasteiger partial charge < -0.3 is 24.0 Å². The van der Waals surface area contributed by atoms with Crippen molar-refractivity contribution in [3.63, 3.8) is 0 Å². The minimum atomic E-state index is -0.958. The summed E-state index contributed by atoms with van der Waals surface area (Å²) < 4.78 is 17.3. The molecule has 202 valence electrons. The number of methoxy groups -OCH3 is 2. The van der Waals surface area contributed by atoms with Gasteiger partial charge in [0.2, 0.25) is 5.91 Å². The Labute approximate surface area is 233 Å². The first-order valence-electron chi connectivity index (χ1n) is 13.2. The number of ether oxygens (including phenoxy) is 3. The number of carbonyl (C=O) groups is 2. The predicted octanol–water partition coefficient (Wildman–Crippen LogP) is 4.92. The van der Waals surface area contributed by atoms with Gasteiger partial charge in [-0.1, -0.05) is 78.9 Å². The Hall–Kier alpha value is -4.62. The van der Waals surface area contributed by atoms with Crippen molar-refractivity contribution in [1.29, 1.82) is 0 Å².